The van der Waals surface area contributed by atoms with Gasteiger partial charge in [0.15, 0.2) is 0 Å². The fourth-order valence-corrected chi connectivity index (χ4v) is 4.05. The van der Waals surface area contributed by atoms with Crippen LogP contribution in [0, 0.1) is 6.92 Å². The van der Waals surface area contributed by atoms with E-state index in [2.05, 4.69) is 66.0 Å². The van der Waals surface area contributed by atoms with E-state index in [-0.39, 0.29) is 7.47 Å². The van der Waals surface area contributed by atoms with Crippen LogP contribution in [0.3, 0.4) is 0 Å². The van der Waals surface area contributed by atoms with E-state index in [1.54, 1.807) is 6.33 Å². The summed E-state index contributed by atoms with van der Waals surface area (Å²) in [4.78, 5) is 15.3. The molecule has 0 radical (unpaired) electrons. The fourth-order valence-electron chi connectivity index (χ4n) is 4.05. The summed E-state index contributed by atoms with van der Waals surface area (Å²) in [5.41, 5.74) is 6.68. The topological polar surface area (TPSA) is 62.1 Å². The summed E-state index contributed by atoms with van der Waals surface area (Å²) in [5.74, 6) is 1.38. The number of hydrogen-bond donors (Lipinski definition) is 1. The van der Waals surface area contributed by atoms with E-state index in [0.29, 0.717) is 5.92 Å². The Morgan fingerprint density at radius 2 is 2.11 bits per heavy atom. The molecule has 0 saturated heterocycles. The Kier molecular flexibility index (Phi) is 3.93. The van der Waals surface area contributed by atoms with Crippen molar-refractivity contribution in [2.45, 2.75) is 39.2 Å². The molecular formula is C22H26N6. The van der Waals surface area contributed by atoms with E-state index < -0.39 is 0 Å². The molecule has 1 aliphatic rings. The van der Waals surface area contributed by atoms with Crippen molar-refractivity contribution < 1.29 is 1.43 Å². The van der Waals surface area contributed by atoms with Crippen LogP contribution in [0.1, 0.15) is 55.6 Å². The molecule has 4 aromatic rings. The van der Waals surface area contributed by atoms with E-state index in [1.807, 2.05) is 16.8 Å². The highest BCUT2D eigenvalue weighted by atomic mass is 15.3. The number of anilines is 1. The monoisotopic (exact) mass is 374 g/mol. The molecular weight excluding hydrogens is 348 g/mol. The zero-order chi connectivity index (χ0) is 19.3. The third-order valence-corrected chi connectivity index (χ3v) is 5.58. The molecule has 5 heterocycles. The van der Waals surface area contributed by atoms with E-state index in [4.69, 9.17) is 10.1 Å². The molecule has 5 rings (SSSR count). The van der Waals surface area contributed by atoms with E-state index in [1.165, 1.54) is 11.3 Å². The molecule has 1 atom stereocenters. The molecule has 0 bridgehead atoms. The zero-order valence-corrected chi connectivity index (χ0v) is 16.4. The number of aromatic amines is 1. The maximum Gasteiger partial charge on any atom is 0.129 e. The Labute approximate surface area is 165 Å². The fraction of sp³-hybridized carbons (Fsp3) is 0.318. The first kappa shape index (κ1) is 17.0. The highest BCUT2D eigenvalue weighted by Gasteiger charge is 2.34. The summed E-state index contributed by atoms with van der Waals surface area (Å²) in [7, 11) is 0. The number of pyridine rings is 2. The van der Waals surface area contributed by atoms with Gasteiger partial charge in [-0.25, -0.2) is 14.5 Å². The second kappa shape index (κ2) is 6.48. The molecule has 0 aliphatic carbocycles. The first-order valence-electron chi connectivity index (χ1n) is 9.82. The molecule has 0 saturated carbocycles. The van der Waals surface area contributed by atoms with Crippen LogP contribution in [0.15, 0.2) is 48.9 Å². The second-order valence-corrected chi connectivity index (χ2v) is 7.78. The van der Waals surface area contributed by atoms with Crippen molar-refractivity contribution in [3.63, 3.8) is 0 Å². The molecule has 0 amide bonds. The van der Waals surface area contributed by atoms with Gasteiger partial charge in [-0.05, 0) is 42.7 Å². The molecule has 0 unspecified atom stereocenters. The van der Waals surface area contributed by atoms with E-state index >= 15 is 0 Å². The Morgan fingerprint density at radius 1 is 1.21 bits per heavy atom. The second-order valence-electron chi connectivity index (χ2n) is 7.78. The first-order valence-corrected chi connectivity index (χ1v) is 9.82. The van der Waals surface area contributed by atoms with Gasteiger partial charge in [0.05, 0.1) is 23.2 Å². The Morgan fingerprint density at radius 3 is 2.93 bits per heavy atom. The summed E-state index contributed by atoms with van der Waals surface area (Å²) < 4.78 is 1.96. The van der Waals surface area contributed by atoms with Gasteiger partial charge in [0.1, 0.15) is 11.9 Å². The van der Waals surface area contributed by atoms with Gasteiger partial charge in [-0.3, -0.25) is 0 Å². The van der Waals surface area contributed by atoms with Gasteiger partial charge in [0.25, 0.3) is 0 Å². The Bertz CT molecular complexity index is 1150. The van der Waals surface area contributed by atoms with Gasteiger partial charge in [-0.2, -0.15) is 5.10 Å². The molecule has 6 nitrogen and oxygen atoms in total. The van der Waals surface area contributed by atoms with Crippen molar-refractivity contribution in [2.75, 3.05) is 11.4 Å². The molecule has 0 fully saturated rings. The average Bonchev–Trinajstić information content (AvgIpc) is 3.34. The lowest BCUT2D eigenvalue weighted by molar-refractivity contribution is 0.608. The van der Waals surface area contributed by atoms with E-state index in [0.717, 1.165) is 41.4 Å². The van der Waals surface area contributed by atoms with Crippen LogP contribution in [0.5, 0.6) is 0 Å². The maximum atomic E-state index is 4.95. The van der Waals surface area contributed by atoms with Gasteiger partial charge >= 0.3 is 0 Å². The lowest BCUT2D eigenvalue weighted by Gasteiger charge is -2.35. The van der Waals surface area contributed by atoms with Crippen molar-refractivity contribution in [2.24, 2.45) is 0 Å². The van der Waals surface area contributed by atoms with Gasteiger partial charge in [0.2, 0.25) is 0 Å². The number of rotatable bonds is 3. The van der Waals surface area contributed by atoms with Crippen molar-refractivity contribution in [1.82, 2.24) is 24.6 Å². The first-order chi connectivity index (χ1) is 13.6. The van der Waals surface area contributed by atoms with Crippen molar-refractivity contribution in [3.8, 4) is 0 Å². The molecule has 6 heteroatoms. The standard InChI is InChI=1S/C22H24N6.H2/c1-14(2)16-7-4-8-20(25-16)27-11-9-17-21(24-13-23-17)22(27)18-12-19-15(3)6-5-10-28(19)26-18;/h4-8,10,12-14,22H,9,11H2,1-3H3,(H,23,24);1H/t22-;/m1./s1. The third-order valence-electron chi connectivity index (χ3n) is 5.58. The van der Waals surface area contributed by atoms with Crippen molar-refractivity contribution >= 4 is 11.3 Å². The molecule has 0 aromatic carbocycles. The lowest BCUT2D eigenvalue weighted by atomic mass is 9.99. The normalized spacial score (nSPS) is 16.7. The number of nitrogens with one attached hydrogen (secondary N) is 1. The summed E-state index contributed by atoms with van der Waals surface area (Å²) in [6, 6.07) is 12.6. The Balaban J connectivity index is 0.00000205. The maximum absolute atomic E-state index is 4.95. The molecule has 144 valence electrons. The SMILES string of the molecule is Cc1cccn2nc([C@@H]3c4nc[nH]c4CCN3c3cccc(C(C)C)n3)cc12.[HH]. The quantitative estimate of drug-likeness (QED) is 0.581. The van der Waals surface area contributed by atoms with Gasteiger partial charge in [0, 0.05) is 32.0 Å². The molecule has 4 aromatic heterocycles. The third kappa shape index (κ3) is 2.68. The van der Waals surface area contributed by atoms with Crippen molar-refractivity contribution in [1.29, 1.82) is 0 Å². The van der Waals surface area contributed by atoms with Crippen LogP contribution in [0.25, 0.3) is 5.52 Å². The van der Waals surface area contributed by atoms with E-state index in [9.17, 15) is 0 Å². The number of aromatic nitrogens is 5. The predicted octanol–water partition coefficient (Wildman–Crippen LogP) is 4.28. The zero-order valence-electron chi connectivity index (χ0n) is 16.4. The minimum atomic E-state index is -0.0517. The molecule has 28 heavy (non-hydrogen) atoms. The smallest absolute Gasteiger partial charge is 0.129 e. The predicted molar refractivity (Wildman–Crippen MR) is 112 cm³/mol. The summed E-state index contributed by atoms with van der Waals surface area (Å²) in [6.45, 7) is 7.35. The highest BCUT2D eigenvalue weighted by Crippen LogP contribution is 2.36. The van der Waals surface area contributed by atoms with Crippen LogP contribution in [0.2, 0.25) is 0 Å². The summed E-state index contributed by atoms with van der Waals surface area (Å²) in [5, 5.41) is 4.90. The van der Waals surface area contributed by atoms with Crippen LogP contribution >= 0.6 is 0 Å². The molecule has 1 N–H and O–H groups in total. The molecule has 0 spiro atoms. The summed E-state index contributed by atoms with van der Waals surface area (Å²) >= 11 is 0. The van der Waals surface area contributed by atoms with Crippen LogP contribution < -0.4 is 4.90 Å². The van der Waals surface area contributed by atoms with Crippen LogP contribution in [-0.4, -0.2) is 31.1 Å². The van der Waals surface area contributed by atoms with Gasteiger partial charge in [-0.15, -0.1) is 0 Å². The van der Waals surface area contributed by atoms with Crippen molar-refractivity contribution in [3.05, 3.63) is 77.3 Å². The number of imidazole rings is 1. The average molecular weight is 374 g/mol. The van der Waals surface area contributed by atoms with Gasteiger partial charge < -0.3 is 9.88 Å². The minimum Gasteiger partial charge on any atom is -0.348 e. The number of fused-ring (bicyclic) bond motifs is 2. The molecule has 1 aliphatic heterocycles. The highest BCUT2D eigenvalue weighted by molar-refractivity contribution is 5.57. The minimum absolute atomic E-state index is 0. The largest absolute Gasteiger partial charge is 0.348 e. The van der Waals surface area contributed by atoms with Gasteiger partial charge in [-0.1, -0.05) is 26.0 Å². The number of aryl methyl sites for hydroxylation is 1. The lowest BCUT2D eigenvalue weighted by Crippen LogP contribution is -2.37. The Hall–Kier alpha value is -3.15. The number of nitrogens with zero attached hydrogens (tertiary/aromatic N) is 5. The number of H-pyrrole nitrogens is 1. The number of hydrogen-bond acceptors (Lipinski definition) is 4. The van der Waals surface area contributed by atoms with Crippen LogP contribution in [-0.2, 0) is 6.42 Å². The van der Waals surface area contributed by atoms with Crippen LogP contribution in [0.4, 0.5) is 5.82 Å². The summed E-state index contributed by atoms with van der Waals surface area (Å²) in [6.07, 6.45) is 4.72.